The summed E-state index contributed by atoms with van der Waals surface area (Å²) in [5.41, 5.74) is 1.84. The molecule has 0 aliphatic heterocycles. The number of methoxy groups -OCH3 is 1. The fourth-order valence-corrected chi connectivity index (χ4v) is 2.07. The molecule has 0 spiro atoms. The van der Waals surface area contributed by atoms with E-state index >= 15 is 0 Å². The average Bonchev–Trinajstić information content (AvgIpc) is 2.93. The zero-order valence-electron chi connectivity index (χ0n) is 12.0. The molecule has 2 aromatic heterocycles. The summed E-state index contributed by atoms with van der Waals surface area (Å²) in [5.74, 6) is -0.954. The number of nitrogens with one attached hydrogen (secondary N) is 3. The molecule has 0 aliphatic rings. The molecular weight excluding hydrogens is 300 g/mol. The number of hydrogen-bond donors (Lipinski definition) is 3. The Morgan fingerprint density at radius 1 is 1.13 bits per heavy atom. The Morgan fingerprint density at radius 2 is 1.91 bits per heavy atom. The highest BCUT2D eigenvalue weighted by Crippen LogP contribution is 2.15. The Morgan fingerprint density at radius 3 is 2.61 bits per heavy atom. The van der Waals surface area contributed by atoms with Gasteiger partial charge in [-0.3, -0.25) is 9.78 Å². The van der Waals surface area contributed by atoms with Gasteiger partial charge in [-0.1, -0.05) is 0 Å². The standard InChI is InChI=1S/C15H12N4O4/c1-23-14(21)8-2-4-11(16-7-8)13(20)17-9-3-5-10-12(6-9)19-15(22)18-10/h2-7H,1H3,(H,17,20)(H2,18,19,22). The summed E-state index contributed by atoms with van der Waals surface area (Å²) in [5, 5.41) is 2.67. The summed E-state index contributed by atoms with van der Waals surface area (Å²) in [4.78, 5) is 43.8. The van der Waals surface area contributed by atoms with Gasteiger partial charge in [0, 0.05) is 11.9 Å². The van der Waals surface area contributed by atoms with E-state index in [1.165, 1.54) is 25.4 Å². The number of nitrogens with zero attached hydrogens (tertiary/aromatic N) is 1. The maximum atomic E-state index is 12.1. The van der Waals surface area contributed by atoms with Crippen molar-refractivity contribution in [2.45, 2.75) is 0 Å². The van der Waals surface area contributed by atoms with Gasteiger partial charge in [-0.15, -0.1) is 0 Å². The molecule has 8 heteroatoms. The van der Waals surface area contributed by atoms with Crippen LogP contribution < -0.4 is 11.0 Å². The SMILES string of the molecule is COC(=O)c1ccc(C(=O)Nc2ccc3[nH]c(=O)[nH]c3c2)nc1. The number of carbonyl (C=O) groups excluding carboxylic acids is 2. The second-order valence-electron chi connectivity index (χ2n) is 4.72. The molecule has 0 bridgehead atoms. The number of H-pyrrole nitrogens is 2. The summed E-state index contributed by atoms with van der Waals surface area (Å²) in [6.45, 7) is 0. The molecule has 1 aromatic carbocycles. The second kappa shape index (κ2) is 5.76. The topological polar surface area (TPSA) is 117 Å². The summed E-state index contributed by atoms with van der Waals surface area (Å²) in [7, 11) is 1.27. The van der Waals surface area contributed by atoms with Crippen LogP contribution in [0.25, 0.3) is 11.0 Å². The zero-order valence-corrected chi connectivity index (χ0v) is 12.0. The van der Waals surface area contributed by atoms with Gasteiger partial charge in [-0.2, -0.15) is 0 Å². The minimum atomic E-state index is -0.522. The first-order chi connectivity index (χ1) is 11.1. The number of aromatic amines is 2. The van der Waals surface area contributed by atoms with Crippen molar-refractivity contribution in [3.63, 3.8) is 0 Å². The molecule has 1 amide bonds. The lowest BCUT2D eigenvalue weighted by Gasteiger charge is -2.05. The molecule has 0 atom stereocenters. The van der Waals surface area contributed by atoms with Crippen molar-refractivity contribution >= 4 is 28.6 Å². The number of esters is 1. The van der Waals surface area contributed by atoms with Crippen molar-refractivity contribution < 1.29 is 14.3 Å². The Labute approximate surface area is 129 Å². The van der Waals surface area contributed by atoms with Crippen LogP contribution in [0.3, 0.4) is 0 Å². The minimum Gasteiger partial charge on any atom is -0.465 e. The Bertz CT molecular complexity index is 940. The smallest absolute Gasteiger partial charge is 0.339 e. The Kier molecular flexibility index (Phi) is 3.63. The number of anilines is 1. The molecule has 3 aromatic rings. The molecule has 3 N–H and O–H groups in total. The highest BCUT2D eigenvalue weighted by Gasteiger charge is 2.11. The van der Waals surface area contributed by atoms with Crippen LogP contribution in [0.1, 0.15) is 20.8 Å². The van der Waals surface area contributed by atoms with Crippen molar-refractivity contribution in [2.75, 3.05) is 12.4 Å². The summed E-state index contributed by atoms with van der Waals surface area (Å²) >= 11 is 0. The van der Waals surface area contributed by atoms with Gasteiger partial charge in [0.2, 0.25) is 0 Å². The monoisotopic (exact) mass is 312 g/mol. The molecule has 0 saturated carbocycles. The van der Waals surface area contributed by atoms with E-state index < -0.39 is 11.9 Å². The average molecular weight is 312 g/mol. The molecular formula is C15H12N4O4. The highest BCUT2D eigenvalue weighted by molar-refractivity contribution is 6.04. The van der Waals surface area contributed by atoms with Gasteiger partial charge >= 0.3 is 11.7 Å². The van der Waals surface area contributed by atoms with E-state index in [9.17, 15) is 14.4 Å². The molecule has 8 nitrogen and oxygen atoms in total. The summed E-state index contributed by atoms with van der Waals surface area (Å²) in [6, 6.07) is 7.86. The predicted molar refractivity (Wildman–Crippen MR) is 82.4 cm³/mol. The molecule has 0 unspecified atom stereocenters. The van der Waals surface area contributed by atoms with Gasteiger partial charge < -0.3 is 20.0 Å². The molecule has 2 heterocycles. The second-order valence-corrected chi connectivity index (χ2v) is 4.72. The Balaban J connectivity index is 1.79. The van der Waals surface area contributed by atoms with Crippen molar-refractivity contribution in [1.82, 2.24) is 15.0 Å². The molecule has 3 rings (SSSR count). The molecule has 0 saturated heterocycles. The third kappa shape index (κ3) is 2.95. The zero-order chi connectivity index (χ0) is 16.4. The first-order valence-corrected chi connectivity index (χ1v) is 6.64. The number of hydrogen-bond acceptors (Lipinski definition) is 5. The fourth-order valence-electron chi connectivity index (χ4n) is 2.07. The number of rotatable bonds is 3. The van der Waals surface area contributed by atoms with Crippen LogP contribution in [0.4, 0.5) is 5.69 Å². The van der Waals surface area contributed by atoms with Gasteiger partial charge in [-0.25, -0.2) is 9.59 Å². The maximum absolute atomic E-state index is 12.1. The first-order valence-electron chi connectivity index (χ1n) is 6.64. The number of imidazole rings is 1. The summed E-state index contributed by atoms with van der Waals surface area (Å²) < 4.78 is 4.56. The lowest BCUT2D eigenvalue weighted by atomic mass is 10.2. The van der Waals surface area contributed by atoms with Crippen molar-refractivity contribution in [3.8, 4) is 0 Å². The van der Waals surface area contributed by atoms with Crippen molar-refractivity contribution in [3.05, 3.63) is 58.3 Å². The van der Waals surface area contributed by atoms with E-state index in [4.69, 9.17) is 0 Å². The van der Waals surface area contributed by atoms with Crippen LogP contribution in [0, 0.1) is 0 Å². The minimum absolute atomic E-state index is 0.153. The molecule has 0 radical (unpaired) electrons. The molecule has 0 aliphatic carbocycles. The van der Waals surface area contributed by atoms with E-state index in [0.29, 0.717) is 16.7 Å². The van der Waals surface area contributed by atoms with Crippen LogP contribution in [-0.4, -0.2) is 33.9 Å². The van der Waals surface area contributed by atoms with E-state index in [2.05, 4.69) is 25.0 Å². The number of ether oxygens (including phenoxy) is 1. The van der Waals surface area contributed by atoms with Crippen LogP contribution in [0.2, 0.25) is 0 Å². The van der Waals surface area contributed by atoms with Crippen LogP contribution >= 0.6 is 0 Å². The summed E-state index contributed by atoms with van der Waals surface area (Å²) in [6.07, 6.45) is 1.27. The quantitative estimate of drug-likeness (QED) is 0.630. The molecule has 116 valence electrons. The van der Waals surface area contributed by atoms with E-state index in [1.807, 2.05) is 0 Å². The van der Waals surface area contributed by atoms with Crippen LogP contribution in [0.15, 0.2) is 41.3 Å². The van der Waals surface area contributed by atoms with Gasteiger partial charge in [0.05, 0.1) is 23.7 Å². The van der Waals surface area contributed by atoms with Crippen LogP contribution in [-0.2, 0) is 4.74 Å². The number of benzene rings is 1. The normalized spacial score (nSPS) is 10.5. The fraction of sp³-hybridized carbons (Fsp3) is 0.0667. The lowest BCUT2D eigenvalue weighted by molar-refractivity contribution is 0.0600. The predicted octanol–water partition coefficient (Wildman–Crippen LogP) is 1.29. The largest absolute Gasteiger partial charge is 0.465 e. The number of carbonyl (C=O) groups is 2. The number of amides is 1. The van der Waals surface area contributed by atoms with Gasteiger partial charge in [0.25, 0.3) is 5.91 Å². The van der Waals surface area contributed by atoms with E-state index in [-0.39, 0.29) is 16.9 Å². The van der Waals surface area contributed by atoms with Gasteiger partial charge in [0.15, 0.2) is 0 Å². The van der Waals surface area contributed by atoms with Gasteiger partial charge in [-0.05, 0) is 30.3 Å². The third-order valence-electron chi connectivity index (χ3n) is 3.19. The first kappa shape index (κ1) is 14.5. The molecule has 23 heavy (non-hydrogen) atoms. The number of fused-ring (bicyclic) bond motifs is 1. The molecule has 0 fully saturated rings. The van der Waals surface area contributed by atoms with Gasteiger partial charge in [0.1, 0.15) is 5.69 Å². The van der Waals surface area contributed by atoms with Crippen molar-refractivity contribution in [2.24, 2.45) is 0 Å². The number of pyridine rings is 1. The van der Waals surface area contributed by atoms with E-state index in [1.54, 1.807) is 18.2 Å². The number of aromatic nitrogens is 3. The lowest BCUT2D eigenvalue weighted by Crippen LogP contribution is -2.14. The van der Waals surface area contributed by atoms with E-state index in [0.717, 1.165) is 0 Å². The van der Waals surface area contributed by atoms with Crippen LogP contribution in [0.5, 0.6) is 0 Å². The maximum Gasteiger partial charge on any atom is 0.339 e. The highest BCUT2D eigenvalue weighted by atomic mass is 16.5. The van der Waals surface area contributed by atoms with Crippen molar-refractivity contribution in [1.29, 1.82) is 0 Å². The Hall–Kier alpha value is -3.42. The third-order valence-corrected chi connectivity index (χ3v) is 3.19.